The highest BCUT2D eigenvalue weighted by Gasteiger charge is 2.29. The molecular formula is C17H21N3OS. The molecule has 0 bridgehead atoms. The highest BCUT2D eigenvalue weighted by atomic mass is 32.1. The molecule has 3 rings (SSSR count). The molecule has 1 N–H and O–H groups in total. The van der Waals surface area contributed by atoms with Gasteiger partial charge in [-0.2, -0.15) is 0 Å². The van der Waals surface area contributed by atoms with Gasteiger partial charge in [0.25, 0.3) is 5.91 Å². The van der Waals surface area contributed by atoms with Gasteiger partial charge >= 0.3 is 0 Å². The van der Waals surface area contributed by atoms with E-state index in [1.54, 1.807) is 4.90 Å². The summed E-state index contributed by atoms with van der Waals surface area (Å²) < 4.78 is 0. The summed E-state index contributed by atoms with van der Waals surface area (Å²) in [6.45, 7) is 6.88. The third-order valence-electron chi connectivity index (χ3n) is 4.30. The van der Waals surface area contributed by atoms with Crippen LogP contribution in [0.1, 0.15) is 30.9 Å². The maximum absolute atomic E-state index is 12.2. The third-order valence-corrected chi connectivity index (χ3v) is 4.63. The van der Waals surface area contributed by atoms with Crippen LogP contribution in [-0.2, 0) is 4.79 Å². The van der Waals surface area contributed by atoms with Gasteiger partial charge in [0.2, 0.25) is 0 Å². The Kier molecular flexibility index (Phi) is 4.16. The number of rotatable bonds is 3. The first kappa shape index (κ1) is 15.0. The molecule has 0 spiro atoms. The van der Waals surface area contributed by atoms with E-state index in [9.17, 15) is 4.79 Å². The number of nitrogens with one attached hydrogen (secondary N) is 1. The van der Waals surface area contributed by atoms with Gasteiger partial charge in [-0.05, 0) is 68.2 Å². The largest absolute Gasteiger partial charge is 0.372 e. The Hall–Kier alpha value is -1.88. The normalized spacial score (nSPS) is 20.2. The predicted octanol–water partition coefficient (Wildman–Crippen LogP) is 2.67. The van der Waals surface area contributed by atoms with Crippen LogP contribution >= 0.6 is 12.2 Å². The van der Waals surface area contributed by atoms with E-state index in [-0.39, 0.29) is 5.91 Å². The zero-order chi connectivity index (χ0) is 15.7. The van der Waals surface area contributed by atoms with Gasteiger partial charge in [-0.15, -0.1) is 0 Å². The zero-order valence-electron chi connectivity index (χ0n) is 13.1. The summed E-state index contributed by atoms with van der Waals surface area (Å²) in [6.07, 6.45) is 4.44. The van der Waals surface area contributed by atoms with E-state index >= 15 is 0 Å². The molecule has 22 heavy (non-hydrogen) atoms. The van der Waals surface area contributed by atoms with Crippen molar-refractivity contribution in [1.82, 2.24) is 10.2 Å². The molecule has 2 aliphatic heterocycles. The van der Waals surface area contributed by atoms with E-state index in [0.717, 1.165) is 18.7 Å². The molecule has 0 aliphatic carbocycles. The second kappa shape index (κ2) is 6.08. The molecule has 0 atom stereocenters. The molecule has 2 saturated heterocycles. The summed E-state index contributed by atoms with van der Waals surface area (Å²) in [7, 11) is 0. The van der Waals surface area contributed by atoms with Gasteiger partial charge in [0, 0.05) is 25.3 Å². The number of thiocarbonyl (C=S) groups is 1. The van der Waals surface area contributed by atoms with Crippen LogP contribution in [0.2, 0.25) is 0 Å². The molecule has 0 aromatic heterocycles. The van der Waals surface area contributed by atoms with Gasteiger partial charge in [0.15, 0.2) is 5.11 Å². The Bertz CT molecular complexity index is 647. The van der Waals surface area contributed by atoms with Crippen LogP contribution in [0, 0.1) is 6.92 Å². The summed E-state index contributed by atoms with van der Waals surface area (Å²) in [5, 5.41) is 3.50. The number of nitrogens with zero attached hydrogens (tertiary/aromatic N) is 2. The molecular weight excluding hydrogens is 294 g/mol. The van der Waals surface area contributed by atoms with E-state index in [2.05, 4.69) is 35.3 Å². The molecule has 1 aromatic carbocycles. The van der Waals surface area contributed by atoms with Crippen LogP contribution in [-0.4, -0.2) is 35.6 Å². The topological polar surface area (TPSA) is 35.6 Å². The lowest BCUT2D eigenvalue weighted by atomic mass is 10.1. The Labute approximate surface area is 136 Å². The molecule has 0 radical (unpaired) electrons. The van der Waals surface area contributed by atoms with Crippen LogP contribution < -0.4 is 10.2 Å². The van der Waals surface area contributed by atoms with Crippen LogP contribution in [0.5, 0.6) is 0 Å². The summed E-state index contributed by atoms with van der Waals surface area (Å²) in [5.74, 6) is -0.0458. The fourth-order valence-electron chi connectivity index (χ4n) is 3.01. The van der Waals surface area contributed by atoms with E-state index in [0.29, 0.717) is 17.4 Å². The zero-order valence-corrected chi connectivity index (χ0v) is 13.9. The predicted molar refractivity (Wildman–Crippen MR) is 93.7 cm³/mol. The average molecular weight is 315 g/mol. The molecule has 4 nitrogen and oxygen atoms in total. The van der Waals surface area contributed by atoms with Gasteiger partial charge in [-0.25, -0.2) is 0 Å². The molecule has 1 aromatic rings. The number of amides is 1. The Morgan fingerprint density at radius 1 is 1.32 bits per heavy atom. The van der Waals surface area contributed by atoms with Crippen molar-refractivity contribution in [2.45, 2.75) is 26.7 Å². The SMILES string of the molecule is CCN1C(=O)/C(=C/c2ccc(N3CCCC3)cc2C)NC1=S. The summed E-state index contributed by atoms with van der Waals surface area (Å²) >= 11 is 5.18. The van der Waals surface area contributed by atoms with Crippen molar-refractivity contribution in [2.75, 3.05) is 24.5 Å². The standard InChI is InChI=1S/C17H21N3OS/c1-3-20-16(21)15(18-17(20)22)11-13-6-7-14(10-12(13)2)19-8-4-5-9-19/h6-7,10-11H,3-5,8-9H2,1-2H3,(H,18,22)/b15-11-. The Morgan fingerprint density at radius 3 is 2.64 bits per heavy atom. The minimum atomic E-state index is -0.0458. The Morgan fingerprint density at radius 2 is 2.05 bits per heavy atom. The van der Waals surface area contributed by atoms with Crippen LogP contribution in [0.25, 0.3) is 6.08 Å². The van der Waals surface area contributed by atoms with Crippen LogP contribution in [0.15, 0.2) is 23.9 Å². The van der Waals surface area contributed by atoms with Crippen molar-refractivity contribution in [2.24, 2.45) is 0 Å². The van der Waals surface area contributed by atoms with Crippen molar-refractivity contribution in [1.29, 1.82) is 0 Å². The van der Waals surface area contributed by atoms with Gasteiger partial charge in [-0.1, -0.05) is 6.07 Å². The molecule has 0 saturated carbocycles. The van der Waals surface area contributed by atoms with Gasteiger partial charge < -0.3 is 10.2 Å². The van der Waals surface area contributed by atoms with Crippen molar-refractivity contribution >= 4 is 35.0 Å². The molecule has 2 aliphatic rings. The molecule has 0 unspecified atom stereocenters. The van der Waals surface area contributed by atoms with Crippen molar-refractivity contribution < 1.29 is 4.79 Å². The van der Waals surface area contributed by atoms with Gasteiger partial charge in [-0.3, -0.25) is 9.69 Å². The van der Waals surface area contributed by atoms with E-state index in [4.69, 9.17) is 12.2 Å². The average Bonchev–Trinajstić information content (AvgIpc) is 3.11. The Balaban J connectivity index is 1.85. The number of anilines is 1. The molecule has 5 heteroatoms. The van der Waals surface area contributed by atoms with E-state index in [1.165, 1.54) is 24.1 Å². The van der Waals surface area contributed by atoms with Crippen molar-refractivity contribution in [3.8, 4) is 0 Å². The summed E-state index contributed by atoms with van der Waals surface area (Å²) in [4.78, 5) is 16.2. The lowest BCUT2D eigenvalue weighted by Crippen LogP contribution is -2.30. The quantitative estimate of drug-likeness (QED) is 0.687. The second-order valence-corrected chi connectivity index (χ2v) is 6.16. The molecule has 116 valence electrons. The second-order valence-electron chi connectivity index (χ2n) is 5.77. The van der Waals surface area contributed by atoms with Gasteiger partial charge in [0.1, 0.15) is 5.70 Å². The number of benzene rings is 1. The summed E-state index contributed by atoms with van der Waals surface area (Å²) in [5.41, 5.74) is 4.06. The maximum Gasteiger partial charge on any atom is 0.276 e. The highest BCUT2D eigenvalue weighted by Crippen LogP contribution is 2.24. The van der Waals surface area contributed by atoms with Crippen molar-refractivity contribution in [3.63, 3.8) is 0 Å². The lowest BCUT2D eigenvalue weighted by Gasteiger charge is -2.18. The minimum absolute atomic E-state index is 0.0458. The number of carbonyl (C=O) groups excluding carboxylic acids is 1. The lowest BCUT2D eigenvalue weighted by molar-refractivity contribution is -0.122. The molecule has 2 fully saturated rings. The number of aryl methyl sites for hydroxylation is 1. The maximum atomic E-state index is 12.2. The first-order valence-corrected chi connectivity index (χ1v) is 8.21. The van der Waals surface area contributed by atoms with Crippen LogP contribution in [0.3, 0.4) is 0 Å². The minimum Gasteiger partial charge on any atom is -0.372 e. The highest BCUT2D eigenvalue weighted by molar-refractivity contribution is 7.80. The number of carbonyl (C=O) groups is 1. The third kappa shape index (κ3) is 2.73. The number of hydrogen-bond donors (Lipinski definition) is 1. The molecule has 1 amide bonds. The fraction of sp³-hybridized carbons (Fsp3) is 0.412. The first-order chi connectivity index (χ1) is 10.6. The summed E-state index contributed by atoms with van der Waals surface area (Å²) in [6, 6.07) is 6.43. The first-order valence-electron chi connectivity index (χ1n) is 7.80. The van der Waals surface area contributed by atoms with E-state index in [1.807, 2.05) is 13.0 Å². The van der Waals surface area contributed by atoms with Crippen molar-refractivity contribution in [3.05, 3.63) is 35.0 Å². The molecule has 2 heterocycles. The number of likely N-dealkylation sites (N-methyl/N-ethyl adjacent to an activating group) is 1. The number of hydrogen-bond acceptors (Lipinski definition) is 3. The smallest absolute Gasteiger partial charge is 0.276 e. The van der Waals surface area contributed by atoms with E-state index < -0.39 is 0 Å². The fourth-order valence-corrected chi connectivity index (χ4v) is 3.33. The monoisotopic (exact) mass is 315 g/mol. The van der Waals surface area contributed by atoms with Crippen LogP contribution in [0.4, 0.5) is 5.69 Å². The van der Waals surface area contributed by atoms with Gasteiger partial charge in [0.05, 0.1) is 0 Å².